The Morgan fingerprint density at radius 1 is 1.03 bits per heavy atom. The molecule has 0 saturated heterocycles. The van der Waals surface area contributed by atoms with E-state index in [-0.39, 0.29) is 29.1 Å². The number of Topliss-reactive ketones (excluding diaryl/α,β-unsaturated/α-hetero) is 1. The maximum absolute atomic E-state index is 13.3. The molecule has 5 nitrogen and oxygen atoms in total. The Balaban J connectivity index is 1.53. The largest absolute Gasteiger partial charge is 0.497 e. The van der Waals surface area contributed by atoms with Crippen LogP contribution in [0.1, 0.15) is 80.8 Å². The maximum Gasteiger partial charge on any atom is 0.230 e. The molecule has 0 aromatic heterocycles. The number of amides is 1. The molecule has 1 heterocycles. The van der Waals surface area contributed by atoms with Crippen LogP contribution in [-0.4, -0.2) is 30.1 Å². The van der Waals surface area contributed by atoms with E-state index in [1.54, 1.807) is 19.2 Å². The summed E-state index contributed by atoms with van der Waals surface area (Å²) in [4.78, 5) is 31.1. The van der Waals surface area contributed by atoms with Gasteiger partial charge in [0.05, 0.1) is 24.8 Å². The molecule has 1 saturated carbocycles. The lowest BCUT2D eigenvalue weighted by Crippen LogP contribution is -2.35. The van der Waals surface area contributed by atoms with Crippen molar-refractivity contribution in [1.29, 1.82) is 0 Å². The summed E-state index contributed by atoms with van der Waals surface area (Å²) in [5.41, 5.74) is 3.61. The van der Waals surface area contributed by atoms with Crippen LogP contribution >= 0.6 is 0 Å². The number of ketones is 1. The zero-order chi connectivity index (χ0) is 23.6. The Hall–Kier alpha value is -2.95. The van der Waals surface area contributed by atoms with Gasteiger partial charge in [0.1, 0.15) is 5.75 Å². The van der Waals surface area contributed by atoms with E-state index in [1.807, 2.05) is 31.2 Å². The molecule has 1 amide bonds. The number of carbonyl (C=O) groups excluding carboxylic acids is 2. The average molecular weight is 447 g/mol. The maximum atomic E-state index is 13.3. The number of methoxy groups -OCH3 is 1. The van der Waals surface area contributed by atoms with Gasteiger partial charge in [-0.3, -0.25) is 14.6 Å². The number of nitrogens with zero attached hydrogens (tertiary/aromatic N) is 1. The quantitative estimate of drug-likeness (QED) is 0.553. The average Bonchev–Trinajstić information content (AvgIpc) is 2.79. The molecule has 0 unspecified atom stereocenters. The zero-order valence-corrected chi connectivity index (χ0v) is 20.2. The van der Waals surface area contributed by atoms with Gasteiger partial charge in [-0.15, -0.1) is 0 Å². The number of aliphatic imine (C=N–C) groups is 1. The Labute approximate surface area is 196 Å². The van der Waals surface area contributed by atoms with Crippen LogP contribution in [-0.2, 0) is 11.2 Å². The Kier molecular flexibility index (Phi) is 6.42. The zero-order valence-electron chi connectivity index (χ0n) is 20.2. The molecule has 0 bridgehead atoms. The summed E-state index contributed by atoms with van der Waals surface area (Å²) >= 11 is 0. The molecule has 1 aliphatic carbocycles. The van der Waals surface area contributed by atoms with Crippen molar-refractivity contribution in [3.63, 3.8) is 0 Å². The van der Waals surface area contributed by atoms with Gasteiger partial charge in [0.2, 0.25) is 5.91 Å². The molecule has 2 aromatic rings. The molecule has 174 valence electrons. The van der Waals surface area contributed by atoms with Crippen molar-refractivity contribution in [2.75, 3.05) is 12.4 Å². The summed E-state index contributed by atoms with van der Waals surface area (Å²) in [6.45, 7) is 6.23. The van der Waals surface area contributed by atoms with Gasteiger partial charge in [-0.05, 0) is 62.9 Å². The second-order valence-corrected chi connectivity index (χ2v) is 10.3. The van der Waals surface area contributed by atoms with Gasteiger partial charge in [0.25, 0.3) is 0 Å². The fraction of sp³-hybridized carbons (Fsp3) is 0.464. The third kappa shape index (κ3) is 5.18. The van der Waals surface area contributed by atoms with E-state index in [0.29, 0.717) is 11.3 Å². The molecular formula is C28H34N2O3. The van der Waals surface area contributed by atoms with E-state index < -0.39 is 0 Å². The minimum absolute atomic E-state index is 0.0137. The summed E-state index contributed by atoms with van der Waals surface area (Å²) < 4.78 is 5.40. The number of benzene rings is 2. The molecule has 0 spiro atoms. The van der Waals surface area contributed by atoms with Crippen molar-refractivity contribution in [3.05, 3.63) is 59.2 Å². The Morgan fingerprint density at radius 2 is 1.79 bits per heavy atom. The number of rotatable bonds is 6. The predicted molar refractivity (Wildman–Crippen MR) is 133 cm³/mol. The first kappa shape index (κ1) is 23.2. The van der Waals surface area contributed by atoms with E-state index >= 15 is 0 Å². The number of anilines is 1. The summed E-state index contributed by atoms with van der Waals surface area (Å²) in [5.74, 6) is 0.793. The fourth-order valence-corrected chi connectivity index (χ4v) is 5.04. The van der Waals surface area contributed by atoms with Gasteiger partial charge >= 0.3 is 0 Å². The van der Waals surface area contributed by atoms with Crippen LogP contribution in [0.5, 0.6) is 5.75 Å². The smallest absolute Gasteiger partial charge is 0.230 e. The van der Waals surface area contributed by atoms with Crippen molar-refractivity contribution in [3.8, 4) is 5.75 Å². The highest BCUT2D eigenvalue weighted by Gasteiger charge is 2.34. The lowest BCUT2D eigenvalue weighted by Gasteiger charge is -2.32. The first-order valence-corrected chi connectivity index (χ1v) is 11.9. The van der Waals surface area contributed by atoms with Crippen LogP contribution in [0.4, 0.5) is 5.69 Å². The summed E-state index contributed by atoms with van der Waals surface area (Å²) in [6.07, 6.45) is 6.23. The predicted octanol–water partition coefficient (Wildman–Crippen LogP) is 6.00. The molecule has 1 fully saturated rings. The molecule has 1 aliphatic heterocycles. The standard InChI is InChI=1S/C28H34N2O3/c1-27(2)18-20-11-12-22(33-4)16-23(20)24(30-27)17-25(31)19-9-8-10-21(15-19)29-26(32)28(3)13-6-5-7-14-28/h8-12,15-16H,5-7,13-14,17-18H2,1-4H3,(H,29,32). The first-order chi connectivity index (χ1) is 15.7. The molecule has 2 aliphatic rings. The summed E-state index contributed by atoms with van der Waals surface area (Å²) in [6, 6.07) is 13.3. The van der Waals surface area contributed by atoms with E-state index in [2.05, 4.69) is 25.2 Å². The minimum atomic E-state index is -0.330. The van der Waals surface area contributed by atoms with Gasteiger partial charge in [-0.1, -0.05) is 44.4 Å². The second-order valence-electron chi connectivity index (χ2n) is 10.3. The van der Waals surface area contributed by atoms with Gasteiger partial charge < -0.3 is 10.1 Å². The number of ether oxygens (including phenoxy) is 1. The SMILES string of the molecule is COc1ccc2c(c1)C(CC(=O)c1cccc(NC(=O)C3(C)CCCCC3)c1)=NC(C)(C)C2. The Morgan fingerprint density at radius 3 is 2.52 bits per heavy atom. The summed E-state index contributed by atoms with van der Waals surface area (Å²) in [5, 5.41) is 3.06. The van der Waals surface area contributed by atoms with Crippen molar-refractivity contribution in [2.45, 2.75) is 71.3 Å². The number of hydrogen-bond acceptors (Lipinski definition) is 4. The normalized spacial score (nSPS) is 18.6. The van der Waals surface area contributed by atoms with Crippen LogP contribution in [0.3, 0.4) is 0 Å². The number of nitrogens with one attached hydrogen (secondary N) is 1. The van der Waals surface area contributed by atoms with Gasteiger partial charge in [0.15, 0.2) is 5.78 Å². The minimum Gasteiger partial charge on any atom is -0.497 e. The first-order valence-electron chi connectivity index (χ1n) is 11.9. The van der Waals surface area contributed by atoms with Crippen molar-refractivity contribution in [2.24, 2.45) is 10.4 Å². The lowest BCUT2D eigenvalue weighted by molar-refractivity contribution is -0.126. The van der Waals surface area contributed by atoms with Crippen molar-refractivity contribution >= 4 is 23.1 Å². The highest BCUT2D eigenvalue weighted by atomic mass is 16.5. The van der Waals surface area contributed by atoms with Gasteiger partial charge in [-0.2, -0.15) is 0 Å². The van der Waals surface area contributed by atoms with Crippen molar-refractivity contribution in [1.82, 2.24) is 0 Å². The number of fused-ring (bicyclic) bond motifs is 1. The lowest BCUT2D eigenvalue weighted by atomic mass is 9.75. The molecule has 5 heteroatoms. The van der Waals surface area contributed by atoms with E-state index in [0.717, 1.165) is 49.1 Å². The fourth-order valence-electron chi connectivity index (χ4n) is 5.04. The molecule has 4 rings (SSSR count). The van der Waals surface area contributed by atoms with Crippen LogP contribution < -0.4 is 10.1 Å². The number of carbonyl (C=O) groups is 2. The van der Waals surface area contributed by atoms with Crippen LogP contribution in [0.15, 0.2) is 47.5 Å². The highest BCUT2D eigenvalue weighted by Crippen LogP contribution is 2.37. The van der Waals surface area contributed by atoms with Crippen molar-refractivity contribution < 1.29 is 14.3 Å². The molecule has 1 N–H and O–H groups in total. The van der Waals surface area contributed by atoms with E-state index in [9.17, 15) is 9.59 Å². The van der Waals surface area contributed by atoms with Crippen LogP contribution in [0, 0.1) is 5.41 Å². The molecule has 0 atom stereocenters. The van der Waals surface area contributed by atoms with Crippen LogP contribution in [0.2, 0.25) is 0 Å². The monoisotopic (exact) mass is 446 g/mol. The molecule has 0 radical (unpaired) electrons. The molecule has 33 heavy (non-hydrogen) atoms. The third-order valence-corrected chi connectivity index (χ3v) is 6.96. The summed E-state index contributed by atoms with van der Waals surface area (Å²) in [7, 11) is 1.64. The molecular weight excluding hydrogens is 412 g/mol. The third-order valence-electron chi connectivity index (χ3n) is 6.96. The van der Waals surface area contributed by atoms with Crippen LogP contribution in [0.25, 0.3) is 0 Å². The van der Waals surface area contributed by atoms with Gasteiger partial charge in [-0.25, -0.2) is 0 Å². The van der Waals surface area contributed by atoms with E-state index in [4.69, 9.17) is 9.73 Å². The second kappa shape index (κ2) is 9.12. The topological polar surface area (TPSA) is 67.8 Å². The Bertz CT molecular complexity index is 1090. The highest BCUT2D eigenvalue weighted by molar-refractivity contribution is 6.17. The van der Waals surface area contributed by atoms with E-state index in [1.165, 1.54) is 12.0 Å². The number of hydrogen-bond donors (Lipinski definition) is 1. The molecule has 2 aromatic carbocycles. The van der Waals surface area contributed by atoms with Gasteiger partial charge in [0, 0.05) is 22.2 Å².